The number of piperidine rings is 1. The van der Waals surface area contributed by atoms with E-state index in [-0.39, 0.29) is 29.8 Å². The summed E-state index contributed by atoms with van der Waals surface area (Å²) in [6, 6.07) is 12.6. The Hall–Kier alpha value is -3.12. The number of aliphatic hydroxyl groups is 1. The van der Waals surface area contributed by atoms with Gasteiger partial charge in [-0.25, -0.2) is 0 Å². The number of benzene rings is 2. The maximum absolute atomic E-state index is 13.8. The molecule has 4 atom stereocenters. The summed E-state index contributed by atoms with van der Waals surface area (Å²) in [7, 11) is 0. The maximum Gasteiger partial charge on any atom is 0.226 e. The summed E-state index contributed by atoms with van der Waals surface area (Å²) in [5, 5.41) is 23.1. The van der Waals surface area contributed by atoms with Crippen LogP contribution in [0.3, 0.4) is 0 Å². The Morgan fingerprint density at radius 2 is 1.94 bits per heavy atom. The summed E-state index contributed by atoms with van der Waals surface area (Å²) < 4.78 is 6.21. The highest BCUT2D eigenvalue weighted by molar-refractivity contribution is 6.06. The molecule has 0 radical (unpaired) electrons. The van der Waals surface area contributed by atoms with Gasteiger partial charge < -0.3 is 19.8 Å². The quantitative estimate of drug-likeness (QED) is 0.697. The lowest BCUT2D eigenvalue weighted by atomic mass is 9.48. The Balaban J connectivity index is 1.44. The molecule has 3 fully saturated rings. The van der Waals surface area contributed by atoms with Crippen molar-refractivity contribution in [2.45, 2.75) is 55.3 Å². The number of rotatable bonds is 2. The molecule has 0 unspecified atom stereocenters. The van der Waals surface area contributed by atoms with Crippen LogP contribution < -0.4 is 4.74 Å². The van der Waals surface area contributed by atoms with Crippen LogP contribution in [-0.4, -0.2) is 51.1 Å². The average Bonchev–Trinajstić information content (AvgIpc) is 3.58. The number of nitrogens with zero attached hydrogens (tertiary/aromatic N) is 1. The smallest absolute Gasteiger partial charge is 0.226 e. The van der Waals surface area contributed by atoms with Crippen LogP contribution in [0.1, 0.15) is 42.4 Å². The van der Waals surface area contributed by atoms with Crippen LogP contribution in [0.4, 0.5) is 0 Å². The van der Waals surface area contributed by atoms with Crippen molar-refractivity contribution in [3.63, 3.8) is 0 Å². The van der Waals surface area contributed by atoms with Gasteiger partial charge in [-0.15, -0.1) is 0 Å². The molecule has 1 spiro atoms. The van der Waals surface area contributed by atoms with Crippen molar-refractivity contribution in [2.75, 3.05) is 6.54 Å². The molecule has 2 N–H and O–H groups in total. The average molecular weight is 443 g/mol. The SMILES string of the molecule is O=C1/C(=C/c2ccccc2)C[C@@]2(O)[C@H]3Cc4ccc(O)c5c4[C@@]2(CCN3C(=O)C2CC2)[C@H]1O5. The van der Waals surface area contributed by atoms with E-state index in [0.717, 1.165) is 29.5 Å². The predicted octanol–water partition coefficient (Wildman–Crippen LogP) is 2.75. The standard InChI is InChI=1S/C27H25NO5/c29-19-9-8-17-13-20-27(32)14-18(12-15-4-2-1-3-5-15)22(30)24-26(27,21(17)23(19)33-24)10-11-28(20)25(31)16-6-7-16/h1-5,8-9,12,16,20,24,29,32H,6-7,10-11,13-14H2/b18-12+/t20-,24+,26+,27-/m1/s1. The molecular weight excluding hydrogens is 418 g/mol. The van der Waals surface area contributed by atoms with Crippen molar-refractivity contribution >= 4 is 17.8 Å². The lowest BCUT2D eigenvalue weighted by Gasteiger charge is -2.62. The number of phenolic OH excluding ortho intramolecular Hbond substituents is 1. The first-order chi connectivity index (χ1) is 15.9. The van der Waals surface area contributed by atoms with Crippen LogP contribution in [0.2, 0.25) is 0 Å². The van der Waals surface area contributed by atoms with Crippen LogP contribution in [0.25, 0.3) is 6.08 Å². The number of likely N-dealkylation sites (tertiary alicyclic amines) is 1. The van der Waals surface area contributed by atoms with Gasteiger partial charge >= 0.3 is 0 Å². The Morgan fingerprint density at radius 1 is 1.15 bits per heavy atom. The second kappa shape index (κ2) is 6.26. The van der Waals surface area contributed by atoms with E-state index in [1.807, 2.05) is 47.4 Å². The molecule has 168 valence electrons. The van der Waals surface area contributed by atoms with Crippen molar-refractivity contribution in [3.8, 4) is 11.5 Å². The fourth-order valence-electron chi connectivity index (χ4n) is 6.95. The fraction of sp³-hybridized carbons (Fsp3) is 0.407. The molecule has 33 heavy (non-hydrogen) atoms. The molecule has 5 aliphatic rings. The highest BCUT2D eigenvalue weighted by atomic mass is 16.5. The number of Topliss-reactive ketones (excluding diaryl/α,β-unsaturated/α-hetero) is 1. The van der Waals surface area contributed by atoms with Gasteiger partial charge in [0.1, 0.15) is 5.60 Å². The summed E-state index contributed by atoms with van der Waals surface area (Å²) in [6.07, 6.45) is 3.83. The molecule has 2 aliphatic heterocycles. The van der Waals surface area contributed by atoms with Crippen molar-refractivity contribution in [3.05, 3.63) is 64.7 Å². The molecule has 0 aromatic heterocycles. The van der Waals surface area contributed by atoms with E-state index in [2.05, 4.69) is 0 Å². The molecule has 6 nitrogen and oxygen atoms in total. The largest absolute Gasteiger partial charge is 0.504 e. The molecule has 2 bridgehead atoms. The van der Waals surface area contributed by atoms with Crippen molar-refractivity contribution in [2.24, 2.45) is 5.92 Å². The number of ether oxygens (including phenoxy) is 1. The molecule has 2 aromatic rings. The van der Waals surface area contributed by atoms with Crippen molar-refractivity contribution in [1.29, 1.82) is 0 Å². The van der Waals surface area contributed by atoms with Gasteiger partial charge in [-0.2, -0.15) is 0 Å². The Labute approximate surface area is 191 Å². The van der Waals surface area contributed by atoms with Crippen LogP contribution in [0.15, 0.2) is 48.0 Å². The molecule has 1 saturated heterocycles. The van der Waals surface area contributed by atoms with E-state index in [1.54, 1.807) is 6.07 Å². The predicted molar refractivity (Wildman–Crippen MR) is 120 cm³/mol. The summed E-state index contributed by atoms with van der Waals surface area (Å²) in [5.74, 6) is 0.348. The third kappa shape index (κ3) is 2.32. The summed E-state index contributed by atoms with van der Waals surface area (Å²) in [5.41, 5.74) is 0.816. The van der Waals surface area contributed by atoms with Gasteiger partial charge in [0.15, 0.2) is 23.4 Å². The number of aromatic hydroxyl groups is 1. The number of phenols is 1. The van der Waals surface area contributed by atoms with E-state index >= 15 is 0 Å². The second-order valence-corrected chi connectivity index (χ2v) is 10.2. The van der Waals surface area contributed by atoms with Crippen LogP contribution in [0.5, 0.6) is 11.5 Å². The molecule has 7 rings (SSSR count). The summed E-state index contributed by atoms with van der Waals surface area (Å²) in [4.78, 5) is 28.9. The number of hydrogen-bond donors (Lipinski definition) is 2. The van der Waals surface area contributed by atoms with E-state index in [1.165, 1.54) is 0 Å². The van der Waals surface area contributed by atoms with Gasteiger partial charge in [-0.1, -0.05) is 36.4 Å². The number of carbonyl (C=O) groups excluding carboxylic acids is 2. The van der Waals surface area contributed by atoms with Gasteiger partial charge in [0, 0.05) is 30.0 Å². The number of hydrogen-bond acceptors (Lipinski definition) is 5. The van der Waals surface area contributed by atoms with E-state index < -0.39 is 23.2 Å². The third-order valence-corrected chi connectivity index (χ3v) is 8.58. The molecule has 1 amide bonds. The van der Waals surface area contributed by atoms with E-state index in [0.29, 0.717) is 30.7 Å². The molecule has 2 aromatic carbocycles. The summed E-state index contributed by atoms with van der Waals surface area (Å²) >= 11 is 0. The zero-order valence-electron chi connectivity index (χ0n) is 18.2. The topological polar surface area (TPSA) is 87.1 Å². The zero-order valence-corrected chi connectivity index (χ0v) is 18.2. The van der Waals surface area contributed by atoms with Crippen LogP contribution >= 0.6 is 0 Å². The zero-order chi connectivity index (χ0) is 22.5. The first kappa shape index (κ1) is 19.4. The monoisotopic (exact) mass is 443 g/mol. The number of carbonyl (C=O) groups is 2. The van der Waals surface area contributed by atoms with Gasteiger partial charge in [0.2, 0.25) is 5.91 Å². The minimum absolute atomic E-state index is 0.00352. The number of ketones is 1. The second-order valence-electron chi connectivity index (χ2n) is 10.2. The summed E-state index contributed by atoms with van der Waals surface area (Å²) in [6.45, 7) is 0.488. The number of amides is 1. The van der Waals surface area contributed by atoms with Gasteiger partial charge in [0.25, 0.3) is 0 Å². The Bertz CT molecular complexity index is 1250. The van der Waals surface area contributed by atoms with E-state index in [4.69, 9.17) is 4.74 Å². The Kier molecular flexibility index (Phi) is 3.67. The maximum atomic E-state index is 13.8. The molecule has 6 heteroatoms. The van der Waals surface area contributed by atoms with E-state index in [9.17, 15) is 19.8 Å². The minimum Gasteiger partial charge on any atom is -0.504 e. The van der Waals surface area contributed by atoms with Crippen LogP contribution in [0, 0.1) is 5.92 Å². The fourth-order valence-corrected chi connectivity index (χ4v) is 6.95. The molecule has 2 heterocycles. The van der Waals surface area contributed by atoms with Crippen molar-refractivity contribution in [1.82, 2.24) is 4.90 Å². The molecule has 3 aliphatic carbocycles. The Morgan fingerprint density at radius 3 is 2.70 bits per heavy atom. The van der Waals surface area contributed by atoms with Gasteiger partial charge in [-0.3, -0.25) is 9.59 Å². The first-order valence-electron chi connectivity index (χ1n) is 11.8. The minimum atomic E-state index is -1.35. The lowest BCUT2D eigenvalue weighted by Crippen LogP contribution is -2.77. The normalized spacial score (nSPS) is 34.8. The highest BCUT2D eigenvalue weighted by Gasteiger charge is 2.74. The van der Waals surface area contributed by atoms with Gasteiger partial charge in [0.05, 0.1) is 11.5 Å². The molecular formula is C27H25NO5. The third-order valence-electron chi connectivity index (χ3n) is 8.58. The van der Waals surface area contributed by atoms with Crippen LogP contribution in [-0.2, 0) is 21.4 Å². The molecule has 2 saturated carbocycles. The highest BCUT2D eigenvalue weighted by Crippen LogP contribution is 2.65. The van der Waals surface area contributed by atoms with Gasteiger partial charge in [-0.05, 0) is 49.0 Å². The first-order valence-corrected chi connectivity index (χ1v) is 11.8. The van der Waals surface area contributed by atoms with Crippen molar-refractivity contribution < 1.29 is 24.5 Å². The lowest BCUT2D eigenvalue weighted by molar-refractivity contribution is -0.186.